The fourth-order valence-electron chi connectivity index (χ4n) is 4.08. The van der Waals surface area contributed by atoms with Crippen LogP contribution in [0.2, 0.25) is 0 Å². The molecular formula is C27H30N2O5S. The van der Waals surface area contributed by atoms with Gasteiger partial charge in [-0.1, -0.05) is 60.7 Å². The highest BCUT2D eigenvalue weighted by atomic mass is 32.2. The van der Waals surface area contributed by atoms with Gasteiger partial charge in [0, 0.05) is 19.1 Å². The molecule has 1 atom stereocenters. The predicted octanol–water partition coefficient (Wildman–Crippen LogP) is 3.88. The molecule has 35 heavy (non-hydrogen) atoms. The maximum Gasteiger partial charge on any atom is 0.307 e. The van der Waals surface area contributed by atoms with Crippen molar-refractivity contribution in [2.24, 2.45) is 5.92 Å². The van der Waals surface area contributed by atoms with Crippen LogP contribution in [0, 0.1) is 5.92 Å². The van der Waals surface area contributed by atoms with Crippen LogP contribution in [0.4, 0.5) is 0 Å². The lowest BCUT2D eigenvalue weighted by atomic mass is 10.1. The summed E-state index contributed by atoms with van der Waals surface area (Å²) in [6.07, 6.45) is 2.02. The van der Waals surface area contributed by atoms with Gasteiger partial charge >= 0.3 is 5.97 Å². The van der Waals surface area contributed by atoms with E-state index >= 15 is 0 Å². The maximum absolute atomic E-state index is 12.9. The Morgan fingerprint density at radius 3 is 2.40 bits per heavy atom. The summed E-state index contributed by atoms with van der Waals surface area (Å²) in [5, 5.41) is 1.76. The van der Waals surface area contributed by atoms with Crippen molar-refractivity contribution >= 4 is 32.7 Å². The zero-order valence-electron chi connectivity index (χ0n) is 19.7. The van der Waals surface area contributed by atoms with Crippen LogP contribution in [0.3, 0.4) is 0 Å². The molecule has 1 unspecified atom stereocenters. The van der Waals surface area contributed by atoms with Gasteiger partial charge in [-0.05, 0) is 54.2 Å². The van der Waals surface area contributed by atoms with E-state index in [1.165, 1.54) is 6.07 Å². The van der Waals surface area contributed by atoms with Crippen molar-refractivity contribution in [2.45, 2.75) is 43.7 Å². The van der Waals surface area contributed by atoms with Crippen molar-refractivity contribution in [1.29, 1.82) is 0 Å². The topological polar surface area (TPSA) is 92.8 Å². The van der Waals surface area contributed by atoms with Crippen molar-refractivity contribution in [1.82, 2.24) is 9.62 Å². The number of amides is 1. The molecular weight excluding hydrogens is 464 g/mol. The highest BCUT2D eigenvalue weighted by Gasteiger charge is 2.34. The SMILES string of the molecule is CC(C1CC1)N(Cc1ccccc1)C(=O)COC(=O)CCNS(=O)(=O)c1ccc2ccccc2c1. The van der Waals surface area contributed by atoms with Crippen LogP contribution in [0.25, 0.3) is 10.8 Å². The molecule has 0 aliphatic heterocycles. The van der Waals surface area contributed by atoms with Crippen LogP contribution in [-0.4, -0.2) is 44.4 Å². The molecule has 0 radical (unpaired) electrons. The van der Waals surface area contributed by atoms with E-state index in [2.05, 4.69) is 4.72 Å². The second-order valence-electron chi connectivity index (χ2n) is 8.90. The van der Waals surface area contributed by atoms with E-state index in [4.69, 9.17) is 4.74 Å². The molecule has 1 fully saturated rings. The van der Waals surface area contributed by atoms with Gasteiger partial charge in [0.1, 0.15) is 0 Å². The van der Waals surface area contributed by atoms with Crippen LogP contribution in [0.5, 0.6) is 0 Å². The van der Waals surface area contributed by atoms with Crippen LogP contribution in [0.15, 0.2) is 77.7 Å². The molecule has 1 saturated carbocycles. The third-order valence-corrected chi connectivity index (χ3v) is 7.78. The quantitative estimate of drug-likeness (QED) is 0.409. The number of carbonyl (C=O) groups is 2. The molecule has 3 aromatic carbocycles. The molecule has 1 aliphatic carbocycles. The molecule has 0 saturated heterocycles. The lowest BCUT2D eigenvalue weighted by Crippen LogP contribution is -2.41. The average molecular weight is 495 g/mol. The zero-order chi connectivity index (χ0) is 24.8. The van der Waals surface area contributed by atoms with Gasteiger partial charge in [0.05, 0.1) is 11.3 Å². The number of nitrogens with zero attached hydrogens (tertiary/aromatic N) is 1. The third kappa shape index (κ3) is 6.68. The summed E-state index contributed by atoms with van der Waals surface area (Å²) in [5.74, 6) is -0.403. The summed E-state index contributed by atoms with van der Waals surface area (Å²) in [6.45, 7) is 2.01. The van der Waals surface area contributed by atoms with Gasteiger partial charge < -0.3 is 9.64 Å². The Hall–Kier alpha value is -3.23. The number of nitrogens with one attached hydrogen (secondary N) is 1. The smallest absolute Gasteiger partial charge is 0.307 e. The molecule has 184 valence electrons. The molecule has 8 heteroatoms. The molecule has 1 amide bonds. The van der Waals surface area contributed by atoms with Crippen molar-refractivity contribution < 1.29 is 22.7 Å². The van der Waals surface area contributed by atoms with Crippen LogP contribution in [-0.2, 0) is 30.9 Å². The van der Waals surface area contributed by atoms with Gasteiger partial charge in [0.25, 0.3) is 5.91 Å². The summed E-state index contributed by atoms with van der Waals surface area (Å²) in [7, 11) is -3.77. The second-order valence-corrected chi connectivity index (χ2v) is 10.7. The molecule has 0 heterocycles. The van der Waals surface area contributed by atoms with Crippen molar-refractivity contribution in [2.75, 3.05) is 13.2 Å². The van der Waals surface area contributed by atoms with E-state index < -0.39 is 16.0 Å². The standard InChI is InChI=1S/C27H30N2O5S/c1-20(22-11-12-22)29(18-21-7-3-2-4-8-21)26(30)19-34-27(31)15-16-28-35(32,33)25-14-13-23-9-5-6-10-24(23)17-25/h2-10,13-14,17,20,22,28H,11-12,15-16,18-19H2,1H3. The summed E-state index contributed by atoms with van der Waals surface area (Å²) in [4.78, 5) is 27.0. The van der Waals surface area contributed by atoms with Gasteiger partial charge in [-0.15, -0.1) is 0 Å². The van der Waals surface area contributed by atoms with Crippen LogP contribution >= 0.6 is 0 Å². The van der Waals surface area contributed by atoms with E-state index in [0.717, 1.165) is 29.2 Å². The monoisotopic (exact) mass is 494 g/mol. The van der Waals surface area contributed by atoms with E-state index in [0.29, 0.717) is 12.5 Å². The van der Waals surface area contributed by atoms with Crippen LogP contribution in [0.1, 0.15) is 31.7 Å². The predicted molar refractivity (Wildman–Crippen MR) is 134 cm³/mol. The first-order valence-electron chi connectivity index (χ1n) is 11.8. The highest BCUT2D eigenvalue weighted by Crippen LogP contribution is 2.35. The van der Waals surface area contributed by atoms with E-state index in [1.54, 1.807) is 17.0 Å². The number of ether oxygens (including phenoxy) is 1. The number of hydrogen-bond donors (Lipinski definition) is 1. The molecule has 1 aliphatic rings. The first-order chi connectivity index (χ1) is 16.8. The van der Waals surface area contributed by atoms with Gasteiger partial charge in [-0.25, -0.2) is 13.1 Å². The molecule has 3 aromatic rings. The summed E-state index contributed by atoms with van der Waals surface area (Å²) in [5.41, 5.74) is 1.02. The Morgan fingerprint density at radius 2 is 1.69 bits per heavy atom. The van der Waals surface area contributed by atoms with Crippen molar-refractivity contribution in [3.05, 3.63) is 78.4 Å². The van der Waals surface area contributed by atoms with E-state index in [-0.39, 0.29) is 36.4 Å². The molecule has 7 nitrogen and oxygen atoms in total. The number of rotatable bonds is 11. The number of hydrogen-bond acceptors (Lipinski definition) is 5. The van der Waals surface area contributed by atoms with Crippen LogP contribution < -0.4 is 4.72 Å². The fourth-order valence-corrected chi connectivity index (χ4v) is 5.14. The average Bonchev–Trinajstić information content (AvgIpc) is 3.71. The number of carbonyl (C=O) groups excluding carboxylic acids is 2. The summed E-state index contributed by atoms with van der Waals surface area (Å²) in [6, 6.07) is 22.1. The molecule has 0 aromatic heterocycles. The largest absolute Gasteiger partial charge is 0.456 e. The maximum atomic E-state index is 12.9. The Balaban J connectivity index is 1.27. The number of sulfonamides is 1. The first-order valence-corrected chi connectivity index (χ1v) is 13.3. The van der Waals surface area contributed by atoms with E-state index in [9.17, 15) is 18.0 Å². The number of esters is 1. The Kier molecular flexibility index (Phi) is 7.83. The Labute approximate surface area is 206 Å². The molecule has 0 bridgehead atoms. The Morgan fingerprint density at radius 1 is 1.00 bits per heavy atom. The van der Waals surface area contributed by atoms with Crippen molar-refractivity contribution in [3.63, 3.8) is 0 Å². The fraction of sp³-hybridized carbons (Fsp3) is 0.333. The number of fused-ring (bicyclic) bond motifs is 1. The van der Waals surface area contributed by atoms with Gasteiger partial charge in [-0.3, -0.25) is 9.59 Å². The normalized spacial score (nSPS) is 14.4. The minimum absolute atomic E-state index is 0.0650. The van der Waals surface area contributed by atoms with E-state index in [1.807, 2.05) is 61.5 Å². The van der Waals surface area contributed by atoms with Gasteiger partial charge in [0.2, 0.25) is 10.0 Å². The second kappa shape index (κ2) is 11.0. The first kappa shape index (κ1) is 24.9. The summed E-state index contributed by atoms with van der Waals surface area (Å²) < 4.78 is 32.8. The molecule has 4 rings (SSSR count). The lowest BCUT2D eigenvalue weighted by Gasteiger charge is -2.29. The Bertz CT molecular complexity index is 1290. The minimum Gasteiger partial charge on any atom is -0.456 e. The van der Waals surface area contributed by atoms with Gasteiger partial charge in [0.15, 0.2) is 6.61 Å². The molecule has 1 N–H and O–H groups in total. The minimum atomic E-state index is -3.77. The summed E-state index contributed by atoms with van der Waals surface area (Å²) >= 11 is 0. The zero-order valence-corrected chi connectivity index (χ0v) is 20.5. The lowest BCUT2D eigenvalue weighted by molar-refractivity contribution is -0.153. The highest BCUT2D eigenvalue weighted by molar-refractivity contribution is 7.89. The van der Waals surface area contributed by atoms with Gasteiger partial charge in [-0.2, -0.15) is 0 Å². The third-order valence-electron chi connectivity index (χ3n) is 6.32. The van der Waals surface area contributed by atoms with Crippen molar-refractivity contribution in [3.8, 4) is 0 Å². The number of benzene rings is 3. The molecule has 0 spiro atoms.